The summed E-state index contributed by atoms with van der Waals surface area (Å²) in [6.07, 6.45) is 0.984. The van der Waals surface area contributed by atoms with Gasteiger partial charge < -0.3 is 10.6 Å². The van der Waals surface area contributed by atoms with Crippen LogP contribution in [-0.2, 0) is 6.42 Å². The lowest BCUT2D eigenvalue weighted by Crippen LogP contribution is -2.32. The Hall–Kier alpha value is -1.33. The van der Waals surface area contributed by atoms with E-state index in [-0.39, 0.29) is 5.84 Å². The largest absolute Gasteiger partial charge is 0.384 e. The number of nitrogen functional groups attached to an aromatic ring is 1. The van der Waals surface area contributed by atoms with E-state index < -0.39 is 0 Å². The van der Waals surface area contributed by atoms with E-state index in [1.807, 2.05) is 25.2 Å². The maximum atomic E-state index is 7.72. The molecule has 106 valence electrons. The highest BCUT2D eigenvalue weighted by molar-refractivity contribution is 9.10. The summed E-state index contributed by atoms with van der Waals surface area (Å²) in [5.74, 6) is 0.0997. The zero-order valence-electron chi connectivity index (χ0n) is 11.6. The molecule has 3 N–H and O–H groups in total. The van der Waals surface area contributed by atoms with Gasteiger partial charge in [-0.3, -0.25) is 5.41 Å². The standard InChI is InChI=1S/C15H18BrN3S/c1-10(8-12-4-3-7-20-12)19(2)14-9-11(16)5-6-13(14)15(17)18/h3-7,9-10H,8H2,1-2H3,(H3,17,18). The average molecular weight is 352 g/mol. The highest BCUT2D eigenvalue weighted by Crippen LogP contribution is 2.27. The molecule has 1 heterocycles. The van der Waals surface area contributed by atoms with Crippen LogP contribution in [0.1, 0.15) is 17.4 Å². The molecule has 1 aromatic carbocycles. The number of rotatable bonds is 5. The number of anilines is 1. The Kier molecular flexibility index (Phi) is 4.83. The van der Waals surface area contributed by atoms with Gasteiger partial charge >= 0.3 is 0 Å². The van der Waals surface area contributed by atoms with E-state index in [9.17, 15) is 0 Å². The SMILES string of the molecule is CC(Cc1cccs1)N(C)c1cc(Br)ccc1C(=N)N. The van der Waals surface area contributed by atoms with Crippen LogP contribution in [-0.4, -0.2) is 18.9 Å². The first-order chi connectivity index (χ1) is 9.49. The summed E-state index contributed by atoms with van der Waals surface area (Å²) in [6.45, 7) is 2.19. The predicted molar refractivity (Wildman–Crippen MR) is 91.0 cm³/mol. The number of hydrogen-bond acceptors (Lipinski definition) is 3. The monoisotopic (exact) mass is 351 g/mol. The number of benzene rings is 1. The van der Waals surface area contributed by atoms with E-state index in [4.69, 9.17) is 11.1 Å². The van der Waals surface area contributed by atoms with Gasteiger partial charge in [0.15, 0.2) is 0 Å². The number of nitrogens with one attached hydrogen (secondary N) is 1. The highest BCUT2D eigenvalue weighted by atomic mass is 79.9. The van der Waals surface area contributed by atoms with Crippen molar-refractivity contribution in [2.45, 2.75) is 19.4 Å². The molecule has 2 rings (SSSR count). The number of nitrogens with zero attached hydrogens (tertiary/aromatic N) is 1. The maximum Gasteiger partial charge on any atom is 0.124 e. The molecule has 5 heteroatoms. The number of likely N-dealkylation sites (N-methyl/N-ethyl adjacent to an activating group) is 1. The van der Waals surface area contributed by atoms with E-state index in [1.165, 1.54) is 4.88 Å². The second-order valence-electron chi connectivity index (χ2n) is 4.82. The van der Waals surface area contributed by atoms with Crippen molar-refractivity contribution in [1.29, 1.82) is 5.41 Å². The molecule has 0 aliphatic rings. The molecule has 20 heavy (non-hydrogen) atoms. The molecule has 1 aromatic heterocycles. The Morgan fingerprint density at radius 2 is 2.20 bits per heavy atom. The van der Waals surface area contributed by atoms with Crippen molar-refractivity contribution >= 4 is 38.8 Å². The van der Waals surface area contributed by atoms with Crippen molar-refractivity contribution in [1.82, 2.24) is 0 Å². The lowest BCUT2D eigenvalue weighted by molar-refractivity contribution is 0.688. The third-order valence-electron chi connectivity index (χ3n) is 3.37. The molecule has 0 aliphatic heterocycles. The quantitative estimate of drug-likeness (QED) is 0.634. The van der Waals surface area contributed by atoms with E-state index in [2.05, 4.69) is 45.3 Å². The van der Waals surface area contributed by atoms with Gasteiger partial charge in [0, 0.05) is 40.1 Å². The fraction of sp³-hybridized carbons (Fsp3) is 0.267. The van der Waals surface area contributed by atoms with Crippen molar-refractivity contribution < 1.29 is 0 Å². The predicted octanol–water partition coefficient (Wildman–Crippen LogP) is 3.86. The van der Waals surface area contributed by atoms with Crippen molar-refractivity contribution in [3.63, 3.8) is 0 Å². The summed E-state index contributed by atoms with van der Waals surface area (Å²) in [7, 11) is 2.05. The summed E-state index contributed by atoms with van der Waals surface area (Å²) in [6, 6.07) is 10.4. The zero-order chi connectivity index (χ0) is 14.7. The van der Waals surface area contributed by atoms with Crippen LogP contribution in [0.2, 0.25) is 0 Å². The Bertz CT molecular complexity index is 595. The van der Waals surface area contributed by atoms with Crippen LogP contribution in [0.25, 0.3) is 0 Å². The second kappa shape index (κ2) is 6.41. The first-order valence-electron chi connectivity index (χ1n) is 6.38. The zero-order valence-corrected chi connectivity index (χ0v) is 14.0. The van der Waals surface area contributed by atoms with Crippen molar-refractivity contribution in [3.8, 4) is 0 Å². The number of amidine groups is 1. The minimum atomic E-state index is 0.0997. The van der Waals surface area contributed by atoms with Crippen LogP contribution in [0.15, 0.2) is 40.2 Å². The maximum absolute atomic E-state index is 7.72. The molecular weight excluding hydrogens is 334 g/mol. The summed E-state index contributed by atoms with van der Waals surface area (Å²) in [5, 5.41) is 9.81. The van der Waals surface area contributed by atoms with Crippen LogP contribution >= 0.6 is 27.3 Å². The molecule has 0 saturated heterocycles. The van der Waals surface area contributed by atoms with E-state index >= 15 is 0 Å². The molecule has 1 unspecified atom stereocenters. The van der Waals surface area contributed by atoms with E-state index in [0.717, 1.165) is 22.1 Å². The molecule has 3 nitrogen and oxygen atoms in total. The fourth-order valence-corrected chi connectivity index (χ4v) is 3.29. The van der Waals surface area contributed by atoms with Crippen LogP contribution in [0.4, 0.5) is 5.69 Å². The molecule has 0 radical (unpaired) electrons. The highest BCUT2D eigenvalue weighted by Gasteiger charge is 2.16. The van der Waals surface area contributed by atoms with Crippen molar-refractivity contribution in [2.75, 3.05) is 11.9 Å². The number of halogens is 1. The molecular formula is C15H18BrN3S. The van der Waals surface area contributed by atoms with Gasteiger partial charge in [0.2, 0.25) is 0 Å². The fourth-order valence-electron chi connectivity index (χ4n) is 2.12. The lowest BCUT2D eigenvalue weighted by Gasteiger charge is -2.29. The Morgan fingerprint density at radius 3 is 2.80 bits per heavy atom. The topological polar surface area (TPSA) is 53.1 Å². The van der Waals surface area contributed by atoms with Crippen molar-refractivity contribution in [3.05, 3.63) is 50.6 Å². The van der Waals surface area contributed by atoms with Gasteiger partial charge in [-0.25, -0.2) is 0 Å². The molecule has 0 aliphatic carbocycles. The number of nitrogens with two attached hydrogens (primary N) is 1. The molecule has 0 amide bonds. The molecule has 0 saturated carbocycles. The third-order valence-corrected chi connectivity index (χ3v) is 4.76. The van der Waals surface area contributed by atoms with Gasteiger partial charge in [-0.15, -0.1) is 11.3 Å². The van der Waals surface area contributed by atoms with Gasteiger partial charge in [-0.1, -0.05) is 22.0 Å². The molecule has 1 atom stereocenters. The van der Waals surface area contributed by atoms with Crippen LogP contribution in [0, 0.1) is 5.41 Å². The van der Waals surface area contributed by atoms with Gasteiger partial charge in [0.1, 0.15) is 5.84 Å². The van der Waals surface area contributed by atoms with Gasteiger partial charge in [0.05, 0.1) is 0 Å². The first-order valence-corrected chi connectivity index (χ1v) is 8.05. The summed E-state index contributed by atoms with van der Waals surface area (Å²) < 4.78 is 0.993. The van der Waals surface area contributed by atoms with Crippen LogP contribution < -0.4 is 10.6 Å². The Balaban J connectivity index is 2.25. The van der Waals surface area contributed by atoms with E-state index in [0.29, 0.717) is 6.04 Å². The van der Waals surface area contributed by atoms with Crippen LogP contribution in [0.3, 0.4) is 0 Å². The minimum Gasteiger partial charge on any atom is -0.384 e. The Morgan fingerprint density at radius 1 is 1.45 bits per heavy atom. The van der Waals surface area contributed by atoms with Gasteiger partial charge in [-0.2, -0.15) is 0 Å². The van der Waals surface area contributed by atoms with Gasteiger partial charge in [-0.05, 0) is 36.6 Å². The van der Waals surface area contributed by atoms with Gasteiger partial charge in [0.25, 0.3) is 0 Å². The lowest BCUT2D eigenvalue weighted by atomic mass is 10.1. The normalized spacial score (nSPS) is 12.2. The molecule has 0 fully saturated rings. The summed E-state index contributed by atoms with van der Waals surface area (Å²) in [4.78, 5) is 3.55. The summed E-state index contributed by atoms with van der Waals surface area (Å²) >= 11 is 5.26. The minimum absolute atomic E-state index is 0.0997. The number of hydrogen-bond donors (Lipinski definition) is 2. The second-order valence-corrected chi connectivity index (χ2v) is 6.77. The van der Waals surface area contributed by atoms with Crippen molar-refractivity contribution in [2.24, 2.45) is 5.73 Å². The first kappa shape index (κ1) is 15.1. The smallest absolute Gasteiger partial charge is 0.124 e. The Labute approximate surface area is 132 Å². The average Bonchev–Trinajstić information content (AvgIpc) is 2.90. The number of thiophene rings is 1. The molecule has 0 bridgehead atoms. The van der Waals surface area contributed by atoms with Crippen LogP contribution in [0.5, 0.6) is 0 Å². The summed E-state index contributed by atoms with van der Waals surface area (Å²) in [5.41, 5.74) is 7.44. The third kappa shape index (κ3) is 3.41. The van der Waals surface area contributed by atoms with E-state index in [1.54, 1.807) is 11.3 Å². The molecule has 2 aromatic rings. The molecule has 0 spiro atoms.